The number of methoxy groups -OCH3 is 2. The first-order valence-corrected chi connectivity index (χ1v) is 6.58. The minimum Gasteiger partial charge on any atom is -0.492 e. The Balaban J connectivity index is 2.65. The zero-order chi connectivity index (χ0) is 13.4. The van der Waals surface area contributed by atoms with Crippen LogP contribution < -0.4 is 9.47 Å². The summed E-state index contributed by atoms with van der Waals surface area (Å²) in [6.45, 7) is 1.36. The van der Waals surface area contributed by atoms with Crippen LogP contribution in [0, 0.1) is 0 Å². The third-order valence-corrected chi connectivity index (χ3v) is 2.98. The summed E-state index contributed by atoms with van der Waals surface area (Å²) in [5, 5.41) is 0.532. The average Bonchev–Trinajstić information content (AvgIpc) is 2.35. The normalized spacial score (nSPS) is 10.4. The van der Waals surface area contributed by atoms with Gasteiger partial charge in [0.25, 0.3) is 0 Å². The van der Waals surface area contributed by atoms with Gasteiger partial charge in [0.1, 0.15) is 11.5 Å². The van der Waals surface area contributed by atoms with E-state index in [1.807, 2.05) is 0 Å². The maximum atomic E-state index is 6.08. The molecule has 6 heteroatoms. The van der Waals surface area contributed by atoms with Crippen LogP contribution in [0.4, 0.5) is 0 Å². The predicted octanol–water partition coefficient (Wildman–Crippen LogP) is 3.50. The molecular formula is C12H16BrClO4. The summed E-state index contributed by atoms with van der Waals surface area (Å²) in [5.41, 5.74) is 0. The Morgan fingerprint density at radius 1 is 1.06 bits per heavy atom. The van der Waals surface area contributed by atoms with Gasteiger partial charge in [-0.15, -0.1) is 0 Å². The monoisotopic (exact) mass is 338 g/mol. The molecule has 0 atom stereocenters. The molecule has 18 heavy (non-hydrogen) atoms. The molecule has 0 aliphatic rings. The fourth-order valence-corrected chi connectivity index (χ4v) is 2.05. The van der Waals surface area contributed by atoms with Gasteiger partial charge in [0.15, 0.2) is 6.79 Å². The fraction of sp³-hybridized carbons (Fsp3) is 0.500. The van der Waals surface area contributed by atoms with Gasteiger partial charge in [-0.05, 0) is 22.0 Å². The second-order valence-corrected chi connectivity index (χ2v) is 4.72. The first-order valence-electron chi connectivity index (χ1n) is 5.41. The van der Waals surface area contributed by atoms with Gasteiger partial charge in [-0.25, -0.2) is 0 Å². The van der Waals surface area contributed by atoms with Crippen LogP contribution in [0.1, 0.15) is 6.42 Å². The molecule has 0 aliphatic carbocycles. The van der Waals surface area contributed by atoms with E-state index < -0.39 is 0 Å². The number of halogens is 2. The van der Waals surface area contributed by atoms with Gasteiger partial charge in [0.05, 0.1) is 16.1 Å². The molecule has 0 bridgehead atoms. The minimum absolute atomic E-state index is 0.170. The highest BCUT2D eigenvalue weighted by atomic mass is 79.9. The van der Waals surface area contributed by atoms with E-state index in [1.54, 1.807) is 26.4 Å². The smallest absolute Gasteiger partial charge is 0.188 e. The van der Waals surface area contributed by atoms with Crippen LogP contribution in [-0.2, 0) is 9.47 Å². The summed E-state index contributed by atoms with van der Waals surface area (Å²) in [6.07, 6.45) is 0.803. The van der Waals surface area contributed by atoms with Crippen LogP contribution in [-0.4, -0.2) is 34.2 Å². The molecule has 0 amide bonds. The number of benzene rings is 1. The minimum atomic E-state index is 0.170. The van der Waals surface area contributed by atoms with E-state index in [0.717, 1.165) is 10.9 Å². The van der Waals surface area contributed by atoms with E-state index in [1.165, 1.54) is 0 Å². The Morgan fingerprint density at radius 3 is 2.50 bits per heavy atom. The van der Waals surface area contributed by atoms with E-state index in [9.17, 15) is 0 Å². The third kappa shape index (κ3) is 5.02. The summed E-state index contributed by atoms with van der Waals surface area (Å²) in [4.78, 5) is 0. The quantitative estimate of drug-likeness (QED) is 0.536. The van der Waals surface area contributed by atoms with Crippen molar-refractivity contribution in [2.75, 3.05) is 34.2 Å². The van der Waals surface area contributed by atoms with E-state index in [-0.39, 0.29) is 6.79 Å². The summed E-state index contributed by atoms with van der Waals surface area (Å²) in [6, 6.07) is 3.47. The fourth-order valence-electron chi connectivity index (χ4n) is 1.24. The predicted molar refractivity (Wildman–Crippen MR) is 73.6 cm³/mol. The summed E-state index contributed by atoms with van der Waals surface area (Å²) in [5.74, 6) is 1.21. The van der Waals surface area contributed by atoms with Gasteiger partial charge in [0.2, 0.25) is 0 Å². The Morgan fingerprint density at radius 2 is 1.83 bits per heavy atom. The Hall–Kier alpha value is -0.490. The maximum Gasteiger partial charge on any atom is 0.188 e. The molecule has 0 aliphatic heterocycles. The lowest BCUT2D eigenvalue weighted by atomic mass is 10.3. The molecule has 0 radical (unpaired) electrons. The zero-order valence-corrected chi connectivity index (χ0v) is 12.7. The average molecular weight is 340 g/mol. The molecule has 0 aromatic heterocycles. The summed E-state index contributed by atoms with van der Waals surface area (Å²) in [7, 11) is 3.22. The maximum absolute atomic E-state index is 6.08. The van der Waals surface area contributed by atoms with Crippen LogP contribution in [0.25, 0.3) is 0 Å². The molecule has 1 rings (SSSR count). The van der Waals surface area contributed by atoms with E-state index in [4.69, 9.17) is 30.5 Å². The molecule has 0 saturated carbocycles. The second-order valence-electron chi connectivity index (χ2n) is 3.46. The molecule has 0 unspecified atom stereocenters. The largest absolute Gasteiger partial charge is 0.492 e. The molecule has 0 heterocycles. The van der Waals surface area contributed by atoms with Crippen molar-refractivity contribution in [1.29, 1.82) is 0 Å². The third-order valence-electron chi connectivity index (χ3n) is 2.07. The van der Waals surface area contributed by atoms with E-state index >= 15 is 0 Å². The molecule has 0 N–H and O–H groups in total. The van der Waals surface area contributed by atoms with Gasteiger partial charge < -0.3 is 18.9 Å². The molecule has 102 valence electrons. The number of hydrogen-bond acceptors (Lipinski definition) is 4. The summed E-state index contributed by atoms with van der Waals surface area (Å²) < 4.78 is 21.5. The molecule has 1 aromatic carbocycles. The zero-order valence-electron chi connectivity index (χ0n) is 10.4. The lowest BCUT2D eigenvalue weighted by Crippen LogP contribution is -2.03. The highest BCUT2D eigenvalue weighted by molar-refractivity contribution is 9.10. The van der Waals surface area contributed by atoms with Gasteiger partial charge in [0, 0.05) is 33.3 Å². The standard InChI is InChI=1S/C12H16BrClO4/c1-15-4-3-5-17-12-7-11(18-8-16-2)9(13)6-10(12)14/h6-7H,3-5,8H2,1-2H3. The SMILES string of the molecule is COCCCOc1cc(OCOC)c(Br)cc1Cl. The molecule has 1 aromatic rings. The molecule has 4 nitrogen and oxygen atoms in total. The number of rotatable bonds is 8. The second kappa shape index (κ2) is 8.58. The van der Waals surface area contributed by atoms with Crippen molar-refractivity contribution in [3.8, 4) is 11.5 Å². The highest BCUT2D eigenvalue weighted by Gasteiger charge is 2.09. The molecule has 0 spiro atoms. The molecule has 0 fully saturated rings. The Bertz CT molecular complexity index is 373. The van der Waals surface area contributed by atoms with Crippen molar-refractivity contribution < 1.29 is 18.9 Å². The van der Waals surface area contributed by atoms with Crippen molar-refractivity contribution >= 4 is 27.5 Å². The lowest BCUT2D eigenvalue weighted by Gasteiger charge is -2.12. The Labute approximate surface area is 120 Å². The van der Waals surface area contributed by atoms with Crippen molar-refractivity contribution in [3.63, 3.8) is 0 Å². The van der Waals surface area contributed by atoms with Crippen LogP contribution >= 0.6 is 27.5 Å². The van der Waals surface area contributed by atoms with Crippen molar-refractivity contribution in [1.82, 2.24) is 0 Å². The molecule has 0 saturated heterocycles. The van der Waals surface area contributed by atoms with E-state index in [0.29, 0.717) is 29.7 Å². The number of ether oxygens (including phenoxy) is 4. The summed E-state index contributed by atoms with van der Waals surface area (Å²) >= 11 is 9.44. The van der Waals surface area contributed by atoms with Gasteiger partial charge in [-0.3, -0.25) is 0 Å². The molecular weight excluding hydrogens is 323 g/mol. The first-order chi connectivity index (χ1) is 8.69. The number of hydrogen-bond donors (Lipinski definition) is 0. The van der Waals surface area contributed by atoms with Gasteiger partial charge >= 0.3 is 0 Å². The van der Waals surface area contributed by atoms with Gasteiger partial charge in [-0.1, -0.05) is 11.6 Å². The van der Waals surface area contributed by atoms with Crippen molar-refractivity contribution in [2.24, 2.45) is 0 Å². The topological polar surface area (TPSA) is 36.9 Å². The first kappa shape index (κ1) is 15.6. The van der Waals surface area contributed by atoms with Crippen molar-refractivity contribution in [3.05, 3.63) is 21.6 Å². The highest BCUT2D eigenvalue weighted by Crippen LogP contribution is 2.36. The van der Waals surface area contributed by atoms with Crippen LogP contribution in [0.15, 0.2) is 16.6 Å². The lowest BCUT2D eigenvalue weighted by molar-refractivity contribution is 0.0504. The van der Waals surface area contributed by atoms with Crippen LogP contribution in [0.3, 0.4) is 0 Å². The van der Waals surface area contributed by atoms with Crippen LogP contribution in [0.5, 0.6) is 11.5 Å². The van der Waals surface area contributed by atoms with Crippen molar-refractivity contribution in [2.45, 2.75) is 6.42 Å². The van der Waals surface area contributed by atoms with E-state index in [2.05, 4.69) is 15.9 Å². The van der Waals surface area contributed by atoms with Crippen LogP contribution in [0.2, 0.25) is 5.02 Å². The Kier molecular flexibility index (Phi) is 7.42. The van der Waals surface area contributed by atoms with Gasteiger partial charge in [-0.2, -0.15) is 0 Å².